The molecule has 1 saturated heterocycles. The minimum Gasteiger partial charge on any atom is -0.303 e. The molecular formula is C16H23ClN2O. The lowest BCUT2D eigenvalue weighted by atomic mass is 10.1. The van der Waals surface area contributed by atoms with Crippen LogP contribution in [0.5, 0.6) is 0 Å². The number of aryl methyl sites for hydroxylation is 1. The fourth-order valence-corrected chi connectivity index (χ4v) is 2.76. The van der Waals surface area contributed by atoms with Crippen molar-refractivity contribution in [2.75, 3.05) is 19.6 Å². The summed E-state index contributed by atoms with van der Waals surface area (Å²) >= 11 is 6.12. The molecule has 0 saturated carbocycles. The Morgan fingerprint density at radius 2 is 1.95 bits per heavy atom. The van der Waals surface area contributed by atoms with Gasteiger partial charge in [-0.25, -0.2) is 4.79 Å². The highest BCUT2D eigenvalue weighted by Crippen LogP contribution is 2.30. The average Bonchev–Trinajstić information content (AvgIpc) is 2.96. The van der Waals surface area contributed by atoms with Crippen molar-refractivity contribution < 1.29 is 4.79 Å². The van der Waals surface area contributed by atoms with Gasteiger partial charge in [0.1, 0.15) is 0 Å². The fourth-order valence-electron chi connectivity index (χ4n) is 2.43. The molecule has 0 unspecified atom stereocenters. The van der Waals surface area contributed by atoms with Gasteiger partial charge in [-0.05, 0) is 56.5 Å². The molecule has 1 heterocycles. The molecule has 1 aliphatic rings. The fraction of sp³-hybridized carbons (Fsp3) is 0.562. The highest BCUT2D eigenvalue weighted by molar-refractivity contribution is 6.33. The Morgan fingerprint density at radius 3 is 2.50 bits per heavy atom. The molecule has 0 spiro atoms. The molecule has 0 atom stereocenters. The van der Waals surface area contributed by atoms with Gasteiger partial charge in [-0.15, -0.1) is 0 Å². The zero-order valence-corrected chi connectivity index (χ0v) is 13.3. The summed E-state index contributed by atoms with van der Waals surface area (Å²) in [6.07, 6.45) is 5.16. The molecule has 1 aromatic carbocycles. The Balaban J connectivity index is 0.000000956. The van der Waals surface area contributed by atoms with Crippen LogP contribution in [0.15, 0.2) is 17.1 Å². The number of hydrogen-bond acceptors (Lipinski definition) is 3. The standard InChI is InChI=1S/C14H17ClN2O.C2H6/c1-11-8-12(4-7-17-5-2-3-6-17)9-13(15)14(11)16-10-18;1-2/h8-9H,2-7H2,1H3;1-2H3. The monoisotopic (exact) mass is 294 g/mol. The second-order valence-electron chi connectivity index (χ2n) is 4.74. The highest BCUT2D eigenvalue weighted by Gasteiger charge is 2.12. The lowest BCUT2D eigenvalue weighted by molar-refractivity contribution is 0.343. The van der Waals surface area contributed by atoms with E-state index in [0.29, 0.717) is 10.7 Å². The van der Waals surface area contributed by atoms with Crippen LogP contribution in [0.1, 0.15) is 37.8 Å². The summed E-state index contributed by atoms with van der Waals surface area (Å²) in [5, 5.41) is 0.537. The van der Waals surface area contributed by atoms with Crippen LogP contribution in [-0.2, 0) is 11.2 Å². The van der Waals surface area contributed by atoms with E-state index in [0.717, 1.165) is 18.5 Å². The molecule has 110 valence electrons. The van der Waals surface area contributed by atoms with Crippen LogP contribution in [0.25, 0.3) is 0 Å². The van der Waals surface area contributed by atoms with Crippen molar-refractivity contribution in [2.24, 2.45) is 4.99 Å². The third kappa shape index (κ3) is 4.75. The molecule has 1 aliphatic heterocycles. The van der Waals surface area contributed by atoms with Gasteiger partial charge >= 0.3 is 0 Å². The first kappa shape index (κ1) is 16.9. The zero-order chi connectivity index (χ0) is 15.0. The summed E-state index contributed by atoms with van der Waals surface area (Å²) in [6, 6.07) is 3.96. The molecule has 0 aromatic heterocycles. The number of carbonyl (C=O) groups excluding carboxylic acids is 1. The number of benzene rings is 1. The normalized spacial score (nSPS) is 14.4. The van der Waals surface area contributed by atoms with Crippen LogP contribution in [0.4, 0.5) is 5.69 Å². The van der Waals surface area contributed by atoms with E-state index in [1.165, 1.54) is 31.5 Å². The van der Waals surface area contributed by atoms with E-state index in [4.69, 9.17) is 11.6 Å². The highest BCUT2D eigenvalue weighted by atomic mass is 35.5. The zero-order valence-electron chi connectivity index (χ0n) is 12.6. The molecule has 0 amide bonds. The Labute approximate surface area is 126 Å². The maximum Gasteiger partial charge on any atom is 0.240 e. The number of aliphatic imine (C=N–C) groups is 1. The molecule has 3 nitrogen and oxygen atoms in total. The molecule has 1 aromatic rings. The number of hydrogen-bond donors (Lipinski definition) is 0. The third-order valence-corrected chi connectivity index (χ3v) is 3.67. The summed E-state index contributed by atoms with van der Waals surface area (Å²) in [6.45, 7) is 9.41. The van der Waals surface area contributed by atoms with Crippen molar-refractivity contribution in [3.8, 4) is 0 Å². The van der Waals surface area contributed by atoms with Gasteiger partial charge in [0.05, 0.1) is 10.7 Å². The van der Waals surface area contributed by atoms with Crippen LogP contribution in [-0.4, -0.2) is 30.6 Å². The maximum atomic E-state index is 10.3. The summed E-state index contributed by atoms with van der Waals surface area (Å²) in [5.41, 5.74) is 2.67. The number of nitrogens with zero attached hydrogens (tertiary/aromatic N) is 2. The lowest BCUT2D eigenvalue weighted by Crippen LogP contribution is -2.21. The predicted octanol–water partition coefficient (Wildman–Crippen LogP) is 4.28. The van der Waals surface area contributed by atoms with Crippen LogP contribution < -0.4 is 0 Å². The first-order valence-corrected chi connectivity index (χ1v) is 7.68. The lowest BCUT2D eigenvalue weighted by Gasteiger charge is -2.15. The quantitative estimate of drug-likeness (QED) is 0.613. The molecule has 20 heavy (non-hydrogen) atoms. The van der Waals surface area contributed by atoms with E-state index in [1.54, 1.807) is 6.08 Å². The molecule has 0 radical (unpaired) electrons. The van der Waals surface area contributed by atoms with Crippen molar-refractivity contribution in [3.05, 3.63) is 28.3 Å². The van der Waals surface area contributed by atoms with E-state index in [-0.39, 0.29) is 0 Å². The summed E-state index contributed by atoms with van der Waals surface area (Å²) in [7, 11) is 0. The first-order chi connectivity index (χ1) is 9.70. The van der Waals surface area contributed by atoms with Gasteiger partial charge in [0.25, 0.3) is 0 Å². The topological polar surface area (TPSA) is 32.7 Å². The van der Waals surface area contributed by atoms with Gasteiger partial charge in [-0.3, -0.25) is 0 Å². The minimum absolute atomic E-state index is 0.537. The summed E-state index contributed by atoms with van der Waals surface area (Å²) in [4.78, 5) is 16.4. The van der Waals surface area contributed by atoms with Crippen LogP contribution in [0.3, 0.4) is 0 Å². The van der Waals surface area contributed by atoms with Crippen LogP contribution in [0.2, 0.25) is 5.02 Å². The molecule has 1 fully saturated rings. The van der Waals surface area contributed by atoms with E-state index in [9.17, 15) is 4.79 Å². The summed E-state index contributed by atoms with van der Waals surface area (Å²) in [5.74, 6) is 0. The second-order valence-corrected chi connectivity index (χ2v) is 5.15. The van der Waals surface area contributed by atoms with Gasteiger partial charge in [0.2, 0.25) is 6.08 Å². The largest absolute Gasteiger partial charge is 0.303 e. The van der Waals surface area contributed by atoms with Crippen molar-refractivity contribution in [1.29, 1.82) is 0 Å². The SMILES string of the molecule is CC.Cc1cc(CCN2CCCC2)cc(Cl)c1N=C=O. The predicted molar refractivity (Wildman–Crippen MR) is 84.7 cm³/mol. The van der Waals surface area contributed by atoms with E-state index < -0.39 is 0 Å². The van der Waals surface area contributed by atoms with E-state index >= 15 is 0 Å². The molecular weight excluding hydrogens is 272 g/mol. The average molecular weight is 295 g/mol. The Bertz CT molecular complexity index is 452. The number of likely N-dealkylation sites (tertiary alicyclic amines) is 1. The van der Waals surface area contributed by atoms with Gasteiger partial charge in [0.15, 0.2) is 0 Å². The Morgan fingerprint density at radius 1 is 1.30 bits per heavy atom. The van der Waals surface area contributed by atoms with E-state index in [1.807, 2.05) is 26.8 Å². The first-order valence-electron chi connectivity index (χ1n) is 7.30. The molecule has 0 bridgehead atoms. The summed E-state index contributed by atoms with van der Waals surface area (Å²) < 4.78 is 0. The van der Waals surface area contributed by atoms with Gasteiger partial charge < -0.3 is 4.90 Å². The third-order valence-electron chi connectivity index (χ3n) is 3.39. The van der Waals surface area contributed by atoms with Gasteiger partial charge in [-0.2, -0.15) is 4.99 Å². The maximum absolute atomic E-state index is 10.3. The van der Waals surface area contributed by atoms with Crippen molar-refractivity contribution in [1.82, 2.24) is 4.90 Å². The van der Waals surface area contributed by atoms with Crippen molar-refractivity contribution >= 4 is 23.4 Å². The minimum atomic E-state index is 0.537. The van der Waals surface area contributed by atoms with Crippen LogP contribution >= 0.6 is 11.6 Å². The van der Waals surface area contributed by atoms with Crippen molar-refractivity contribution in [3.63, 3.8) is 0 Å². The molecule has 4 heteroatoms. The number of rotatable bonds is 4. The molecule has 2 rings (SSSR count). The van der Waals surface area contributed by atoms with Crippen molar-refractivity contribution in [2.45, 2.75) is 40.0 Å². The number of isocyanates is 1. The Hall–Kier alpha value is -1.15. The second kappa shape index (κ2) is 8.91. The molecule has 0 aliphatic carbocycles. The number of halogens is 1. The molecule has 0 N–H and O–H groups in total. The van der Waals surface area contributed by atoms with Gasteiger partial charge in [0, 0.05) is 6.54 Å². The van der Waals surface area contributed by atoms with Gasteiger partial charge in [-0.1, -0.05) is 31.5 Å². The van der Waals surface area contributed by atoms with Crippen LogP contribution in [0, 0.1) is 6.92 Å². The Kier molecular flexibility index (Phi) is 7.53. The smallest absolute Gasteiger partial charge is 0.240 e. The van der Waals surface area contributed by atoms with E-state index in [2.05, 4.69) is 16.0 Å².